The standard InChI is InChI=1S/C10H14N2O2/c1-2-7-11-8-9-3-5-10(6-4-9)12(13)14/h3-6,11H,2,7-8H2,1H3. The van der Waals surface area contributed by atoms with Gasteiger partial charge in [0.1, 0.15) is 0 Å². The van der Waals surface area contributed by atoms with Gasteiger partial charge in [0.15, 0.2) is 0 Å². The zero-order chi connectivity index (χ0) is 10.4. The fraction of sp³-hybridized carbons (Fsp3) is 0.400. The quantitative estimate of drug-likeness (QED) is 0.443. The molecule has 0 amide bonds. The maximum absolute atomic E-state index is 10.4. The van der Waals surface area contributed by atoms with Gasteiger partial charge >= 0.3 is 0 Å². The van der Waals surface area contributed by atoms with Gasteiger partial charge in [-0.25, -0.2) is 0 Å². The van der Waals surface area contributed by atoms with E-state index < -0.39 is 0 Å². The lowest BCUT2D eigenvalue weighted by atomic mass is 10.2. The minimum atomic E-state index is -0.386. The number of hydrogen-bond acceptors (Lipinski definition) is 3. The molecule has 0 fully saturated rings. The van der Waals surface area contributed by atoms with Crippen LogP contribution in [-0.2, 0) is 6.54 Å². The van der Waals surface area contributed by atoms with E-state index in [4.69, 9.17) is 0 Å². The lowest BCUT2D eigenvalue weighted by molar-refractivity contribution is -0.384. The normalized spacial score (nSPS) is 10.1. The third kappa shape index (κ3) is 3.14. The Kier molecular flexibility index (Phi) is 4.07. The fourth-order valence-corrected chi connectivity index (χ4v) is 1.15. The average molecular weight is 194 g/mol. The summed E-state index contributed by atoms with van der Waals surface area (Å²) >= 11 is 0. The van der Waals surface area contributed by atoms with E-state index in [1.165, 1.54) is 12.1 Å². The summed E-state index contributed by atoms with van der Waals surface area (Å²) in [7, 11) is 0. The fourth-order valence-electron chi connectivity index (χ4n) is 1.15. The minimum Gasteiger partial charge on any atom is -0.313 e. The highest BCUT2D eigenvalue weighted by atomic mass is 16.6. The molecule has 4 nitrogen and oxygen atoms in total. The predicted molar refractivity (Wildman–Crippen MR) is 55.1 cm³/mol. The van der Waals surface area contributed by atoms with Crippen molar-refractivity contribution in [3.8, 4) is 0 Å². The number of benzene rings is 1. The van der Waals surface area contributed by atoms with Crippen LogP contribution in [0.2, 0.25) is 0 Å². The molecule has 4 heteroatoms. The second kappa shape index (κ2) is 5.34. The molecule has 0 heterocycles. The molecule has 0 aromatic heterocycles. The molecule has 0 saturated carbocycles. The van der Waals surface area contributed by atoms with Gasteiger partial charge in [0.05, 0.1) is 4.92 Å². The number of hydrogen-bond donors (Lipinski definition) is 1. The van der Waals surface area contributed by atoms with Crippen molar-refractivity contribution < 1.29 is 4.92 Å². The van der Waals surface area contributed by atoms with Gasteiger partial charge < -0.3 is 5.32 Å². The Bertz CT molecular complexity index is 295. The topological polar surface area (TPSA) is 55.2 Å². The van der Waals surface area contributed by atoms with Gasteiger partial charge in [-0.3, -0.25) is 10.1 Å². The van der Waals surface area contributed by atoms with Crippen molar-refractivity contribution in [1.29, 1.82) is 0 Å². The molecule has 0 spiro atoms. The first-order valence-corrected chi connectivity index (χ1v) is 4.68. The van der Waals surface area contributed by atoms with Crippen LogP contribution >= 0.6 is 0 Å². The maximum atomic E-state index is 10.4. The zero-order valence-electron chi connectivity index (χ0n) is 8.19. The first kappa shape index (κ1) is 10.7. The molecule has 0 bridgehead atoms. The molecular weight excluding hydrogens is 180 g/mol. The van der Waals surface area contributed by atoms with Crippen molar-refractivity contribution in [2.45, 2.75) is 19.9 Å². The number of non-ortho nitro benzene ring substituents is 1. The van der Waals surface area contributed by atoms with E-state index in [9.17, 15) is 10.1 Å². The van der Waals surface area contributed by atoms with Crippen LogP contribution in [0.5, 0.6) is 0 Å². The van der Waals surface area contributed by atoms with Crippen molar-refractivity contribution in [3.05, 3.63) is 39.9 Å². The van der Waals surface area contributed by atoms with Crippen molar-refractivity contribution in [2.75, 3.05) is 6.54 Å². The van der Waals surface area contributed by atoms with E-state index in [1.807, 2.05) is 0 Å². The lowest BCUT2D eigenvalue weighted by Gasteiger charge is -2.02. The van der Waals surface area contributed by atoms with Crippen LogP contribution in [0.25, 0.3) is 0 Å². The largest absolute Gasteiger partial charge is 0.313 e. The van der Waals surface area contributed by atoms with Crippen LogP contribution in [0.1, 0.15) is 18.9 Å². The molecule has 14 heavy (non-hydrogen) atoms. The molecule has 0 radical (unpaired) electrons. The molecule has 1 rings (SSSR count). The second-order valence-corrected chi connectivity index (χ2v) is 3.10. The van der Waals surface area contributed by atoms with Crippen LogP contribution in [0.3, 0.4) is 0 Å². The lowest BCUT2D eigenvalue weighted by Crippen LogP contribution is -2.13. The summed E-state index contributed by atoms with van der Waals surface area (Å²) in [5.74, 6) is 0. The summed E-state index contributed by atoms with van der Waals surface area (Å²) in [6.45, 7) is 3.84. The van der Waals surface area contributed by atoms with Crippen LogP contribution < -0.4 is 5.32 Å². The second-order valence-electron chi connectivity index (χ2n) is 3.10. The maximum Gasteiger partial charge on any atom is 0.269 e. The van der Waals surface area contributed by atoms with E-state index in [1.54, 1.807) is 12.1 Å². The molecule has 0 saturated heterocycles. The van der Waals surface area contributed by atoms with Crippen molar-refractivity contribution in [1.82, 2.24) is 5.32 Å². The molecule has 0 aliphatic rings. The molecule has 0 atom stereocenters. The summed E-state index contributed by atoms with van der Waals surface area (Å²) in [6, 6.07) is 6.62. The summed E-state index contributed by atoms with van der Waals surface area (Å²) < 4.78 is 0. The van der Waals surface area contributed by atoms with E-state index in [0.29, 0.717) is 0 Å². The van der Waals surface area contributed by atoms with Crippen LogP contribution in [0, 0.1) is 10.1 Å². The number of nitro benzene ring substituents is 1. The van der Waals surface area contributed by atoms with E-state index in [2.05, 4.69) is 12.2 Å². The summed E-state index contributed by atoms with van der Waals surface area (Å²) in [5.41, 5.74) is 1.22. The number of nitrogens with zero attached hydrogens (tertiary/aromatic N) is 1. The Morgan fingerprint density at radius 3 is 2.50 bits per heavy atom. The van der Waals surface area contributed by atoms with Crippen LogP contribution in [0.4, 0.5) is 5.69 Å². The van der Waals surface area contributed by atoms with Crippen LogP contribution in [0.15, 0.2) is 24.3 Å². The molecule has 0 aliphatic carbocycles. The Balaban J connectivity index is 2.51. The highest BCUT2D eigenvalue weighted by Crippen LogP contribution is 2.11. The molecule has 1 aromatic rings. The average Bonchev–Trinajstić information content (AvgIpc) is 2.19. The summed E-state index contributed by atoms with van der Waals surface area (Å²) in [6.07, 6.45) is 1.09. The smallest absolute Gasteiger partial charge is 0.269 e. The first-order chi connectivity index (χ1) is 6.74. The highest BCUT2D eigenvalue weighted by molar-refractivity contribution is 5.32. The molecule has 1 N–H and O–H groups in total. The van der Waals surface area contributed by atoms with Gasteiger partial charge in [0.2, 0.25) is 0 Å². The molecule has 0 aliphatic heterocycles. The van der Waals surface area contributed by atoms with Crippen molar-refractivity contribution in [3.63, 3.8) is 0 Å². The summed E-state index contributed by atoms with van der Waals surface area (Å²) in [5, 5.41) is 13.6. The zero-order valence-corrected chi connectivity index (χ0v) is 8.19. The van der Waals surface area contributed by atoms with Gasteiger partial charge in [-0.1, -0.05) is 19.1 Å². The van der Waals surface area contributed by atoms with Gasteiger partial charge in [-0.05, 0) is 18.5 Å². The first-order valence-electron chi connectivity index (χ1n) is 4.68. The van der Waals surface area contributed by atoms with E-state index >= 15 is 0 Å². The Hall–Kier alpha value is -1.42. The van der Waals surface area contributed by atoms with Crippen molar-refractivity contribution in [2.24, 2.45) is 0 Å². The minimum absolute atomic E-state index is 0.143. The molecular formula is C10H14N2O2. The SMILES string of the molecule is CCCNCc1ccc([N+](=O)[O-])cc1. The number of nitrogens with one attached hydrogen (secondary N) is 1. The van der Waals surface area contributed by atoms with Crippen molar-refractivity contribution >= 4 is 5.69 Å². The number of nitro groups is 1. The third-order valence-electron chi connectivity index (χ3n) is 1.90. The van der Waals surface area contributed by atoms with Crippen LogP contribution in [-0.4, -0.2) is 11.5 Å². The molecule has 1 aromatic carbocycles. The van der Waals surface area contributed by atoms with E-state index in [-0.39, 0.29) is 10.6 Å². The number of rotatable bonds is 5. The monoisotopic (exact) mass is 194 g/mol. The highest BCUT2D eigenvalue weighted by Gasteiger charge is 2.02. The van der Waals surface area contributed by atoms with Gasteiger partial charge in [-0.15, -0.1) is 0 Å². The Morgan fingerprint density at radius 1 is 1.36 bits per heavy atom. The summed E-state index contributed by atoms with van der Waals surface area (Å²) in [4.78, 5) is 9.98. The molecule has 76 valence electrons. The Labute approximate surface area is 83.1 Å². The third-order valence-corrected chi connectivity index (χ3v) is 1.90. The predicted octanol–water partition coefficient (Wildman–Crippen LogP) is 2.09. The van der Waals surface area contributed by atoms with E-state index in [0.717, 1.165) is 25.1 Å². The van der Waals surface area contributed by atoms with Gasteiger partial charge in [-0.2, -0.15) is 0 Å². The van der Waals surface area contributed by atoms with Gasteiger partial charge in [0, 0.05) is 18.7 Å². The Morgan fingerprint density at radius 2 is 2.00 bits per heavy atom. The van der Waals surface area contributed by atoms with Gasteiger partial charge in [0.25, 0.3) is 5.69 Å². The molecule has 0 unspecified atom stereocenters.